The minimum absolute atomic E-state index is 0.595. The third-order valence-corrected chi connectivity index (χ3v) is 4.49. The van der Waals surface area contributed by atoms with E-state index in [1.54, 1.807) is 0 Å². The Balaban J connectivity index is 1.83. The molecule has 0 fully saturated rings. The van der Waals surface area contributed by atoms with Crippen LogP contribution in [0.25, 0.3) is 28.0 Å². The second-order valence-corrected chi connectivity index (χ2v) is 6.32. The van der Waals surface area contributed by atoms with Gasteiger partial charge in [0.25, 0.3) is 0 Å². The van der Waals surface area contributed by atoms with Gasteiger partial charge in [0.2, 0.25) is 0 Å². The summed E-state index contributed by atoms with van der Waals surface area (Å²) in [6.45, 7) is 2.70. The maximum atomic E-state index is 5.81. The van der Waals surface area contributed by atoms with Crippen LogP contribution in [-0.4, -0.2) is 15.9 Å². The molecule has 4 rings (SSSR count). The number of hydrogen-bond donors (Lipinski definition) is 1. The topological polar surface area (TPSA) is 43.3 Å². The van der Waals surface area contributed by atoms with E-state index in [1.165, 1.54) is 22.3 Å². The molecule has 0 aliphatic rings. The predicted octanol–water partition coefficient (Wildman–Crippen LogP) is 4.48. The number of aromatic nitrogens is 2. The molecule has 3 heteroatoms. The summed E-state index contributed by atoms with van der Waals surface area (Å²) in [5, 5.41) is 0. The Bertz CT molecular complexity index is 999. The van der Waals surface area contributed by atoms with Crippen molar-refractivity contribution in [2.24, 2.45) is 5.73 Å². The van der Waals surface area contributed by atoms with Crippen LogP contribution in [0.2, 0.25) is 0 Å². The molecular weight excluding hydrogens is 306 g/mol. The molecule has 3 nitrogen and oxygen atoms in total. The van der Waals surface area contributed by atoms with E-state index < -0.39 is 0 Å². The van der Waals surface area contributed by atoms with Crippen molar-refractivity contribution in [2.45, 2.75) is 13.3 Å². The highest BCUT2D eigenvalue weighted by Crippen LogP contribution is 2.28. The SMILES string of the molecule is Cc1ccc2nc(CCN)c(-c3ccc(-c4ccccc4)cc3)n2c1. The largest absolute Gasteiger partial charge is 0.330 e. The fourth-order valence-corrected chi connectivity index (χ4v) is 3.27. The van der Waals surface area contributed by atoms with Crippen molar-refractivity contribution in [2.75, 3.05) is 6.54 Å². The summed E-state index contributed by atoms with van der Waals surface area (Å²) in [6, 6.07) is 23.3. The lowest BCUT2D eigenvalue weighted by Crippen LogP contribution is -2.04. The van der Waals surface area contributed by atoms with E-state index in [2.05, 4.69) is 78.2 Å². The second kappa shape index (κ2) is 6.54. The standard InChI is InChI=1S/C22H21N3/c1-16-7-12-21-24-20(13-14-23)22(25(21)15-16)19-10-8-18(9-11-19)17-5-3-2-4-6-17/h2-12,15H,13-14,23H2,1H3. The summed E-state index contributed by atoms with van der Waals surface area (Å²) >= 11 is 0. The minimum Gasteiger partial charge on any atom is -0.330 e. The van der Waals surface area contributed by atoms with Gasteiger partial charge in [-0.05, 0) is 36.2 Å². The van der Waals surface area contributed by atoms with Crippen molar-refractivity contribution < 1.29 is 0 Å². The van der Waals surface area contributed by atoms with E-state index in [-0.39, 0.29) is 0 Å². The average Bonchev–Trinajstić information content (AvgIpc) is 3.00. The molecule has 2 heterocycles. The summed E-state index contributed by atoms with van der Waals surface area (Å²) in [6.07, 6.45) is 2.92. The van der Waals surface area contributed by atoms with E-state index in [1.807, 2.05) is 6.07 Å². The van der Waals surface area contributed by atoms with Gasteiger partial charge in [-0.1, -0.05) is 60.7 Å². The molecular formula is C22H21N3. The first-order chi connectivity index (χ1) is 12.3. The minimum atomic E-state index is 0.595. The molecule has 0 radical (unpaired) electrons. The summed E-state index contributed by atoms with van der Waals surface area (Å²) in [4.78, 5) is 4.78. The molecule has 25 heavy (non-hydrogen) atoms. The lowest BCUT2D eigenvalue weighted by atomic mass is 10.0. The molecule has 0 aliphatic heterocycles. The molecule has 0 aliphatic carbocycles. The fourth-order valence-electron chi connectivity index (χ4n) is 3.27. The molecule has 0 unspecified atom stereocenters. The van der Waals surface area contributed by atoms with Gasteiger partial charge in [-0.25, -0.2) is 4.98 Å². The zero-order valence-electron chi connectivity index (χ0n) is 14.3. The first-order valence-corrected chi connectivity index (χ1v) is 8.60. The van der Waals surface area contributed by atoms with Crippen molar-refractivity contribution in [3.63, 3.8) is 0 Å². The normalized spacial score (nSPS) is 11.1. The second-order valence-electron chi connectivity index (χ2n) is 6.32. The lowest BCUT2D eigenvalue weighted by molar-refractivity contribution is 0.939. The Morgan fingerprint density at radius 1 is 0.840 bits per heavy atom. The quantitative estimate of drug-likeness (QED) is 0.600. The fraction of sp³-hybridized carbons (Fsp3) is 0.136. The van der Waals surface area contributed by atoms with Crippen molar-refractivity contribution in [3.8, 4) is 22.4 Å². The van der Waals surface area contributed by atoms with Gasteiger partial charge in [-0.3, -0.25) is 4.40 Å². The number of rotatable bonds is 4. The number of benzene rings is 2. The van der Waals surface area contributed by atoms with E-state index in [4.69, 9.17) is 10.7 Å². The number of nitrogens with two attached hydrogens (primary N) is 1. The van der Waals surface area contributed by atoms with E-state index in [0.29, 0.717) is 6.54 Å². The lowest BCUT2D eigenvalue weighted by Gasteiger charge is -2.08. The van der Waals surface area contributed by atoms with Crippen LogP contribution in [0.1, 0.15) is 11.3 Å². The predicted molar refractivity (Wildman–Crippen MR) is 104 cm³/mol. The van der Waals surface area contributed by atoms with E-state index >= 15 is 0 Å². The van der Waals surface area contributed by atoms with Crippen LogP contribution in [0.4, 0.5) is 0 Å². The van der Waals surface area contributed by atoms with Crippen molar-refractivity contribution in [1.29, 1.82) is 0 Å². The van der Waals surface area contributed by atoms with Gasteiger partial charge < -0.3 is 5.73 Å². The Morgan fingerprint density at radius 3 is 2.24 bits per heavy atom. The average molecular weight is 327 g/mol. The smallest absolute Gasteiger partial charge is 0.137 e. The van der Waals surface area contributed by atoms with E-state index in [9.17, 15) is 0 Å². The number of hydrogen-bond acceptors (Lipinski definition) is 2. The van der Waals surface area contributed by atoms with E-state index in [0.717, 1.165) is 23.5 Å². The van der Waals surface area contributed by atoms with Crippen LogP contribution in [-0.2, 0) is 6.42 Å². The molecule has 0 saturated carbocycles. The third kappa shape index (κ3) is 2.94. The first-order valence-electron chi connectivity index (χ1n) is 8.60. The van der Waals surface area contributed by atoms with Gasteiger partial charge in [-0.2, -0.15) is 0 Å². The van der Waals surface area contributed by atoms with Crippen LogP contribution in [0.3, 0.4) is 0 Å². The Labute approximate surface area is 147 Å². The first kappa shape index (κ1) is 15.6. The summed E-state index contributed by atoms with van der Waals surface area (Å²) in [7, 11) is 0. The Kier molecular flexibility index (Phi) is 4.08. The third-order valence-electron chi connectivity index (χ3n) is 4.49. The molecule has 4 aromatic rings. The molecule has 0 saturated heterocycles. The molecule has 2 aromatic heterocycles. The van der Waals surface area contributed by atoms with Crippen molar-refractivity contribution in [3.05, 3.63) is 84.2 Å². The van der Waals surface area contributed by atoms with Crippen LogP contribution >= 0.6 is 0 Å². The number of imidazole rings is 1. The molecule has 0 amide bonds. The van der Waals surface area contributed by atoms with Gasteiger partial charge in [0.15, 0.2) is 0 Å². The van der Waals surface area contributed by atoms with Crippen LogP contribution in [0.15, 0.2) is 72.9 Å². The number of fused-ring (bicyclic) bond motifs is 1. The zero-order chi connectivity index (χ0) is 17.2. The van der Waals surface area contributed by atoms with Gasteiger partial charge in [0.1, 0.15) is 5.65 Å². The monoisotopic (exact) mass is 327 g/mol. The molecule has 2 aromatic carbocycles. The summed E-state index contributed by atoms with van der Waals surface area (Å²) in [5.41, 5.74) is 13.8. The van der Waals surface area contributed by atoms with Crippen LogP contribution < -0.4 is 5.73 Å². The van der Waals surface area contributed by atoms with Crippen LogP contribution in [0.5, 0.6) is 0 Å². The molecule has 2 N–H and O–H groups in total. The molecule has 124 valence electrons. The maximum absolute atomic E-state index is 5.81. The van der Waals surface area contributed by atoms with Crippen LogP contribution in [0, 0.1) is 6.92 Å². The Morgan fingerprint density at radius 2 is 1.52 bits per heavy atom. The zero-order valence-corrected chi connectivity index (χ0v) is 14.3. The summed E-state index contributed by atoms with van der Waals surface area (Å²) < 4.78 is 2.18. The molecule has 0 bridgehead atoms. The highest BCUT2D eigenvalue weighted by molar-refractivity contribution is 5.72. The number of aryl methyl sites for hydroxylation is 1. The van der Waals surface area contributed by atoms with Crippen molar-refractivity contribution >= 4 is 5.65 Å². The van der Waals surface area contributed by atoms with Gasteiger partial charge in [0, 0.05) is 18.2 Å². The highest BCUT2D eigenvalue weighted by Gasteiger charge is 2.14. The molecule has 0 atom stereocenters. The van der Waals surface area contributed by atoms with Crippen molar-refractivity contribution in [1.82, 2.24) is 9.38 Å². The van der Waals surface area contributed by atoms with Gasteiger partial charge in [-0.15, -0.1) is 0 Å². The van der Waals surface area contributed by atoms with Gasteiger partial charge in [0.05, 0.1) is 11.4 Å². The number of nitrogens with zero attached hydrogens (tertiary/aromatic N) is 2. The van der Waals surface area contributed by atoms with Gasteiger partial charge >= 0.3 is 0 Å². The Hall–Kier alpha value is -2.91. The molecule has 0 spiro atoms. The highest BCUT2D eigenvalue weighted by atomic mass is 15.0. The maximum Gasteiger partial charge on any atom is 0.137 e. The number of pyridine rings is 1. The summed E-state index contributed by atoms with van der Waals surface area (Å²) in [5.74, 6) is 0.